The number of aliphatic hydroxyl groups is 2. The van der Waals surface area contributed by atoms with Crippen molar-refractivity contribution < 1.29 is 43.7 Å². The van der Waals surface area contributed by atoms with Crippen LogP contribution in [0.2, 0.25) is 0 Å². The predicted molar refractivity (Wildman–Crippen MR) is 83.0 cm³/mol. The second-order valence-electron chi connectivity index (χ2n) is 5.59. The average Bonchev–Trinajstić information content (AvgIpc) is 3.06. The molecule has 26 heavy (non-hydrogen) atoms. The van der Waals surface area contributed by atoms with Crippen molar-refractivity contribution in [2.24, 2.45) is 0 Å². The Morgan fingerprint density at radius 1 is 1.38 bits per heavy atom. The molecule has 0 bridgehead atoms. The molecule has 1 amide bonds. The van der Waals surface area contributed by atoms with Gasteiger partial charge in [0.05, 0.1) is 6.61 Å². The van der Waals surface area contributed by atoms with Crippen molar-refractivity contribution in [1.29, 1.82) is 0 Å². The van der Waals surface area contributed by atoms with Crippen LogP contribution in [0.15, 0.2) is 6.33 Å². The fraction of sp³-hybridized carbons (Fsp3) is 0.545. The Morgan fingerprint density at radius 2 is 2.08 bits per heavy atom. The number of nitrogens with zero attached hydrogens (tertiary/aromatic N) is 4. The molecule has 0 spiro atoms. The number of phosphoric acid groups is 1. The summed E-state index contributed by atoms with van der Waals surface area (Å²) in [5.41, 5.74) is 5.70. The number of anilines is 3. The van der Waals surface area contributed by atoms with Gasteiger partial charge in [0.1, 0.15) is 37.0 Å². The molecule has 1 fully saturated rings. The lowest BCUT2D eigenvalue weighted by Crippen LogP contribution is -2.46. The van der Waals surface area contributed by atoms with E-state index in [2.05, 4.69) is 14.5 Å². The maximum absolute atomic E-state index is 11.4. The largest absolute Gasteiger partial charge is 0.469 e. The smallest absolute Gasteiger partial charge is 0.465 e. The topological polar surface area (TPSA) is 212 Å². The number of nitrogen functional groups attached to an aromatic ring is 1. The van der Waals surface area contributed by atoms with Crippen LogP contribution in [0.1, 0.15) is 0 Å². The van der Waals surface area contributed by atoms with Crippen LogP contribution in [0.5, 0.6) is 0 Å². The van der Waals surface area contributed by atoms with E-state index in [0.29, 0.717) is 0 Å². The lowest BCUT2D eigenvalue weighted by molar-refractivity contribution is -0.0218. The quantitative estimate of drug-likeness (QED) is 0.302. The fourth-order valence-corrected chi connectivity index (χ4v) is 3.13. The summed E-state index contributed by atoms with van der Waals surface area (Å²) in [5.74, 6) is -0.0398. The predicted octanol–water partition coefficient (Wildman–Crippen LogP) is -2.12. The molecule has 144 valence electrons. The van der Waals surface area contributed by atoms with E-state index in [9.17, 15) is 24.7 Å². The van der Waals surface area contributed by atoms with Gasteiger partial charge in [0, 0.05) is 0 Å². The number of carbonyl (C=O) groups is 1. The highest BCUT2D eigenvalue weighted by Crippen LogP contribution is 2.42. The number of phosphoric ester groups is 1. The highest BCUT2D eigenvalue weighted by molar-refractivity contribution is 7.46. The number of ether oxygens (including phenoxy) is 1. The number of fused-ring (bicyclic) bond motifs is 1. The molecular weight excluding hydrogens is 377 g/mol. The molecule has 0 aliphatic carbocycles. The third kappa shape index (κ3) is 3.31. The van der Waals surface area contributed by atoms with Gasteiger partial charge < -0.3 is 40.5 Å². The van der Waals surface area contributed by atoms with Crippen LogP contribution in [-0.2, 0) is 13.8 Å². The van der Waals surface area contributed by atoms with Crippen molar-refractivity contribution in [2.75, 3.05) is 28.8 Å². The number of hydrogen-bond acceptors (Lipinski definition) is 10. The highest BCUT2D eigenvalue weighted by Gasteiger charge is 2.50. The third-order valence-corrected chi connectivity index (χ3v) is 4.43. The minimum Gasteiger partial charge on any atom is -0.465 e. The van der Waals surface area contributed by atoms with Gasteiger partial charge in [-0.15, -0.1) is 0 Å². The molecular formula is C11H16N5O9P. The van der Waals surface area contributed by atoms with Crippen molar-refractivity contribution in [2.45, 2.75) is 24.5 Å². The Morgan fingerprint density at radius 3 is 2.69 bits per heavy atom. The number of hydrogen-bond donors (Lipinski definition) is 6. The standard InChI is InChI=1S/C11H16N5O9P/c12-8-5-9(14-2-13-8)16(3-15(5)11(19)20)10-7(18)6(17)4(25-10)1-24-26(21,22)23/h2,4,6-7,10,17-18H,1,3H2,(H,19,20)(H2,12,13,14)(H2,21,22,23)/t4-,6-,7-,10-/m1/s1. The maximum atomic E-state index is 11.4. The lowest BCUT2D eigenvalue weighted by Gasteiger charge is -2.27. The summed E-state index contributed by atoms with van der Waals surface area (Å²) in [4.78, 5) is 38.7. The molecule has 2 aliphatic rings. The van der Waals surface area contributed by atoms with Crippen LogP contribution < -0.4 is 15.5 Å². The summed E-state index contributed by atoms with van der Waals surface area (Å²) in [5, 5.41) is 29.6. The molecule has 2 aliphatic heterocycles. The zero-order valence-corrected chi connectivity index (χ0v) is 13.9. The van der Waals surface area contributed by atoms with E-state index in [1.165, 1.54) is 4.90 Å². The van der Waals surface area contributed by atoms with Gasteiger partial charge in [-0.2, -0.15) is 0 Å². The minimum absolute atomic E-state index is 0.000192. The molecule has 0 aromatic carbocycles. The van der Waals surface area contributed by atoms with Crippen LogP contribution in [0, 0.1) is 0 Å². The van der Waals surface area contributed by atoms with Crippen LogP contribution >= 0.6 is 7.82 Å². The Balaban J connectivity index is 1.85. The number of aromatic nitrogens is 2. The Hall–Kier alpha value is -2.06. The van der Waals surface area contributed by atoms with Crippen molar-refractivity contribution in [3.63, 3.8) is 0 Å². The van der Waals surface area contributed by atoms with Crippen LogP contribution in [0.25, 0.3) is 0 Å². The van der Waals surface area contributed by atoms with Crippen LogP contribution in [-0.4, -0.2) is 79.0 Å². The Bertz CT molecular complexity index is 760. The van der Waals surface area contributed by atoms with E-state index in [0.717, 1.165) is 11.2 Å². The van der Waals surface area contributed by atoms with Gasteiger partial charge in [-0.1, -0.05) is 0 Å². The summed E-state index contributed by atoms with van der Waals surface area (Å²) in [6.45, 7) is -0.998. The first-order valence-electron chi connectivity index (χ1n) is 7.19. The van der Waals surface area contributed by atoms with E-state index < -0.39 is 45.1 Å². The number of nitrogens with two attached hydrogens (primary N) is 1. The van der Waals surface area contributed by atoms with E-state index >= 15 is 0 Å². The molecule has 4 atom stereocenters. The molecule has 0 unspecified atom stereocenters. The summed E-state index contributed by atoms with van der Waals surface area (Å²) >= 11 is 0. The second kappa shape index (κ2) is 6.59. The molecule has 0 radical (unpaired) electrons. The monoisotopic (exact) mass is 393 g/mol. The first kappa shape index (κ1) is 18.7. The summed E-state index contributed by atoms with van der Waals surface area (Å²) in [6, 6.07) is 0. The summed E-state index contributed by atoms with van der Waals surface area (Å²) in [7, 11) is -4.80. The van der Waals surface area contributed by atoms with E-state index in [4.69, 9.17) is 20.3 Å². The van der Waals surface area contributed by atoms with Crippen LogP contribution in [0.4, 0.5) is 22.1 Å². The SMILES string of the molecule is Nc1ncnc2c1N(C(=O)O)CN2[C@@H]1O[C@H](COP(=O)(O)O)[C@@H](O)[C@H]1O. The van der Waals surface area contributed by atoms with Gasteiger partial charge in [0.15, 0.2) is 17.9 Å². The third-order valence-electron chi connectivity index (χ3n) is 3.95. The van der Waals surface area contributed by atoms with Crippen molar-refractivity contribution in [1.82, 2.24) is 9.97 Å². The summed E-state index contributed by atoms with van der Waals surface area (Å²) in [6.07, 6.45) is -5.83. The maximum Gasteiger partial charge on any atom is 0.469 e. The fourth-order valence-electron chi connectivity index (χ4n) is 2.79. The van der Waals surface area contributed by atoms with Crippen molar-refractivity contribution >= 4 is 31.2 Å². The van der Waals surface area contributed by atoms with Gasteiger partial charge in [0.2, 0.25) is 0 Å². The minimum atomic E-state index is -4.80. The first-order valence-corrected chi connectivity index (χ1v) is 8.72. The second-order valence-corrected chi connectivity index (χ2v) is 6.82. The number of amides is 1. The van der Waals surface area contributed by atoms with Crippen molar-refractivity contribution in [3.8, 4) is 0 Å². The zero-order chi connectivity index (χ0) is 19.2. The highest BCUT2D eigenvalue weighted by atomic mass is 31.2. The Kier molecular flexibility index (Phi) is 4.74. The van der Waals surface area contributed by atoms with Gasteiger partial charge >= 0.3 is 13.9 Å². The van der Waals surface area contributed by atoms with Gasteiger partial charge in [-0.05, 0) is 0 Å². The van der Waals surface area contributed by atoms with E-state index in [1.807, 2.05) is 0 Å². The van der Waals surface area contributed by atoms with Gasteiger partial charge in [-0.3, -0.25) is 9.42 Å². The number of rotatable bonds is 4. The van der Waals surface area contributed by atoms with E-state index in [1.54, 1.807) is 0 Å². The molecule has 7 N–H and O–H groups in total. The normalized spacial score (nSPS) is 28.5. The molecule has 3 heterocycles. The molecule has 14 nitrogen and oxygen atoms in total. The molecule has 1 saturated heterocycles. The molecule has 3 rings (SSSR count). The molecule has 1 aromatic heterocycles. The van der Waals surface area contributed by atoms with Gasteiger partial charge in [-0.25, -0.2) is 19.3 Å². The van der Waals surface area contributed by atoms with Crippen LogP contribution in [0.3, 0.4) is 0 Å². The lowest BCUT2D eigenvalue weighted by atomic mass is 10.1. The Labute approximate surface area is 145 Å². The average molecular weight is 393 g/mol. The number of aliphatic hydroxyl groups excluding tert-OH is 2. The van der Waals surface area contributed by atoms with Crippen molar-refractivity contribution in [3.05, 3.63) is 6.33 Å². The van der Waals surface area contributed by atoms with E-state index in [-0.39, 0.29) is 24.0 Å². The first-order chi connectivity index (χ1) is 12.1. The summed E-state index contributed by atoms with van der Waals surface area (Å²) < 4.78 is 20.5. The molecule has 1 aromatic rings. The molecule has 0 saturated carbocycles. The number of carboxylic acid groups (broad SMARTS) is 1. The zero-order valence-electron chi connectivity index (χ0n) is 13.0. The van der Waals surface area contributed by atoms with Gasteiger partial charge in [0.25, 0.3) is 0 Å². The molecule has 15 heteroatoms.